The minimum Gasteiger partial charge on any atom is -0.302 e. The van der Waals surface area contributed by atoms with E-state index in [9.17, 15) is 4.39 Å². The van der Waals surface area contributed by atoms with Gasteiger partial charge in [0.1, 0.15) is 5.82 Å². The van der Waals surface area contributed by atoms with Gasteiger partial charge in [-0.25, -0.2) is 4.39 Å². The van der Waals surface area contributed by atoms with Crippen molar-refractivity contribution in [3.8, 4) is 0 Å². The Balaban J connectivity index is 1.67. The maximum Gasteiger partial charge on any atom is 0.123 e. The number of hydrogen-bond acceptors (Lipinski definition) is 3. The van der Waals surface area contributed by atoms with E-state index in [1.165, 1.54) is 30.5 Å². The fourth-order valence-corrected chi connectivity index (χ4v) is 3.94. The van der Waals surface area contributed by atoms with Crippen LogP contribution >= 0.6 is 0 Å². The molecule has 4 nitrogen and oxygen atoms in total. The lowest BCUT2D eigenvalue weighted by Crippen LogP contribution is -2.40. The van der Waals surface area contributed by atoms with Gasteiger partial charge in [-0.1, -0.05) is 12.1 Å². The number of aryl methyl sites for hydroxylation is 1. The van der Waals surface area contributed by atoms with Crippen LogP contribution < -0.4 is 0 Å². The second-order valence-electron chi connectivity index (χ2n) is 7.10. The lowest BCUT2D eigenvalue weighted by atomic mass is 9.85. The van der Waals surface area contributed by atoms with Crippen LogP contribution in [0, 0.1) is 11.7 Å². The van der Waals surface area contributed by atoms with Crippen molar-refractivity contribution in [3.63, 3.8) is 0 Å². The fourth-order valence-electron chi connectivity index (χ4n) is 3.94. The molecule has 0 amide bonds. The summed E-state index contributed by atoms with van der Waals surface area (Å²) in [7, 11) is 6.34. The largest absolute Gasteiger partial charge is 0.302 e. The summed E-state index contributed by atoms with van der Waals surface area (Å²) in [6.45, 7) is 3.01. The molecule has 2 aromatic rings. The van der Waals surface area contributed by atoms with Gasteiger partial charge >= 0.3 is 0 Å². The minimum absolute atomic E-state index is 0.174. The number of aromatic nitrogens is 2. The molecule has 5 heteroatoms. The molecule has 1 saturated heterocycles. The van der Waals surface area contributed by atoms with Crippen LogP contribution in [0.3, 0.4) is 0 Å². The van der Waals surface area contributed by atoms with E-state index in [0.717, 1.165) is 25.2 Å². The SMILES string of the molecule is CN(Cc1ccc(F)cc1)C[C@@H]1CCCN(C)[C@H]1c1cnn(C)c1. The molecule has 1 fully saturated rings. The Bertz CT molecular complexity index is 652. The molecule has 0 unspecified atom stereocenters. The van der Waals surface area contributed by atoms with Crippen molar-refractivity contribution in [2.45, 2.75) is 25.4 Å². The molecule has 1 aliphatic rings. The summed E-state index contributed by atoms with van der Waals surface area (Å²) in [5.74, 6) is 0.408. The van der Waals surface area contributed by atoms with E-state index in [-0.39, 0.29) is 5.82 Å². The average Bonchev–Trinajstić information content (AvgIpc) is 2.96. The zero-order valence-corrected chi connectivity index (χ0v) is 14.8. The number of benzene rings is 1. The average molecular weight is 330 g/mol. The van der Waals surface area contributed by atoms with E-state index in [4.69, 9.17) is 0 Å². The standard InChI is InChI=1S/C19H27FN4/c1-22(12-15-6-8-18(20)9-7-15)13-16-5-4-10-23(2)19(16)17-11-21-24(3)14-17/h6-9,11,14,16,19H,4-5,10,12-13H2,1-3H3/t16-,19+/m0/s1. The van der Waals surface area contributed by atoms with Crippen LogP contribution in [0.5, 0.6) is 0 Å². The maximum atomic E-state index is 13.1. The van der Waals surface area contributed by atoms with Gasteiger partial charge in [-0.3, -0.25) is 9.58 Å². The summed E-state index contributed by atoms with van der Waals surface area (Å²) < 4.78 is 14.9. The monoisotopic (exact) mass is 330 g/mol. The number of nitrogens with zero attached hydrogens (tertiary/aromatic N) is 4. The van der Waals surface area contributed by atoms with Gasteiger partial charge in [-0.05, 0) is 57.1 Å². The van der Waals surface area contributed by atoms with E-state index in [1.54, 1.807) is 0 Å². The third kappa shape index (κ3) is 4.02. The molecule has 1 aromatic heterocycles. The van der Waals surface area contributed by atoms with Crippen LogP contribution in [0.4, 0.5) is 4.39 Å². The van der Waals surface area contributed by atoms with Gasteiger partial charge < -0.3 is 4.90 Å². The molecular formula is C19H27FN4. The second kappa shape index (κ2) is 7.45. The molecule has 0 bridgehead atoms. The molecule has 0 N–H and O–H groups in total. The van der Waals surface area contributed by atoms with Crippen LogP contribution in [0.2, 0.25) is 0 Å². The van der Waals surface area contributed by atoms with Crippen LogP contribution in [0.1, 0.15) is 30.0 Å². The summed E-state index contributed by atoms with van der Waals surface area (Å²) in [5.41, 5.74) is 2.46. The zero-order chi connectivity index (χ0) is 17.1. The molecule has 0 aliphatic carbocycles. The van der Waals surface area contributed by atoms with Gasteiger partial charge in [0.25, 0.3) is 0 Å². The quantitative estimate of drug-likeness (QED) is 0.842. The van der Waals surface area contributed by atoms with Crippen LogP contribution in [-0.4, -0.2) is 46.8 Å². The Morgan fingerprint density at radius 3 is 2.67 bits per heavy atom. The first-order valence-corrected chi connectivity index (χ1v) is 8.64. The number of rotatable bonds is 5. The molecule has 2 atom stereocenters. The number of hydrogen-bond donors (Lipinski definition) is 0. The predicted octanol–water partition coefficient (Wildman–Crippen LogP) is 3.07. The first kappa shape index (κ1) is 17.1. The highest BCUT2D eigenvalue weighted by atomic mass is 19.1. The summed E-state index contributed by atoms with van der Waals surface area (Å²) >= 11 is 0. The molecule has 0 radical (unpaired) electrons. The van der Waals surface area contributed by atoms with Crippen molar-refractivity contribution in [3.05, 3.63) is 53.6 Å². The van der Waals surface area contributed by atoms with Crippen molar-refractivity contribution < 1.29 is 4.39 Å². The van der Waals surface area contributed by atoms with Gasteiger partial charge in [0.05, 0.1) is 6.20 Å². The van der Waals surface area contributed by atoms with Gasteiger partial charge in [-0.15, -0.1) is 0 Å². The van der Waals surface area contributed by atoms with E-state index in [2.05, 4.69) is 35.2 Å². The maximum absolute atomic E-state index is 13.1. The number of likely N-dealkylation sites (tertiary alicyclic amines) is 1. The van der Waals surface area contributed by atoms with Crippen molar-refractivity contribution in [2.24, 2.45) is 13.0 Å². The fraction of sp³-hybridized carbons (Fsp3) is 0.526. The van der Waals surface area contributed by atoms with Crippen molar-refractivity contribution in [1.82, 2.24) is 19.6 Å². The highest BCUT2D eigenvalue weighted by Crippen LogP contribution is 2.35. The van der Waals surface area contributed by atoms with Gasteiger partial charge in [-0.2, -0.15) is 5.10 Å². The van der Waals surface area contributed by atoms with Crippen molar-refractivity contribution in [1.29, 1.82) is 0 Å². The first-order chi connectivity index (χ1) is 11.5. The summed E-state index contributed by atoms with van der Waals surface area (Å²) in [6, 6.07) is 7.24. The lowest BCUT2D eigenvalue weighted by Gasteiger charge is -2.40. The lowest BCUT2D eigenvalue weighted by molar-refractivity contribution is 0.0926. The Kier molecular flexibility index (Phi) is 5.31. The predicted molar refractivity (Wildman–Crippen MR) is 94.0 cm³/mol. The Morgan fingerprint density at radius 1 is 1.25 bits per heavy atom. The van der Waals surface area contributed by atoms with Crippen LogP contribution in [0.15, 0.2) is 36.7 Å². The van der Waals surface area contributed by atoms with Crippen molar-refractivity contribution in [2.75, 3.05) is 27.2 Å². The Morgan fingerprint density at radius 2 is 2.00 bits per heavy atom. The van der Waals surface area contributed by atoms with Gasteiger partial charge in [0, 0.05) is 37.9 Å². The smallest absolute Gasteiger partial charge is 0.123 e. The Labute approximate surface area is 143 Å². The van der Waals surface area contributed by atoms with Gasteiger partial charge in [0.15, 0.2) is 0 Å². The zero-order valence-electron chi connectivity index (χ0n) is 14.8. The molecule has 2 heterocycles. The summed E-state index contributed by atoms with van der Waals surface area (Å²) in [5, 5.41) is 4.36. The van der Waals surface area contributed by atoms with E-state index >= 15 is 0 Å². The molecule has 24 heavy (non-hydrogen) atoms. The summed E-state index contributed by atoms with van der Waals surface area (Å²) in [6.07, 6.45) is 6.61. The highest BCUT2D eigenvalue weighted by molar-refractivity contribution is 5.16. The first-order valence-electron chi connectivity index (χ1n) is 8.64. The Hall–Kier alpha value is -1.72. The summed E-state index contributed by atoms with van der Waals surface area (Å²) in [4.78, 5) is 4.80. The number of piperidine rings is 1. The molecule has 1 aromatic carbocycles. The third-order valence-electron chi connectivity index (χ3n) is 4.99. The molecule has 130 valence electrons. The second-order valence-corrected chi connectivity index (χ2v) is 7.10. The minimum atomic E-state index is -0.174. The highest BCUT2D eigenvalue weighted by Gasteiger charge is 2.31. The van der Waals surface area contributed by atoms with Crippen molar-refractivity contribution >= 4 is 0 Å². The molecule has 3 rings (SSSR count). The third-order valence-corrected chi connectivity index (χ3v) is 4.99. The van der Waals surface area contributed by atoms with E-state index in [0.29, 0.717) is 12.0 Å². The van der Waals surface area contributed by atoms with E-state index in [1.807, 2.05) is 30.1 Å². The normalized spacial score (nSPS) is 22.2. The molecule has 0 spiro atoms. The van der Waals surface area contributed by atoms with Crippen LogP contribution in [-0.2, 0) is 13.6 Å². The molecule has 0 saturated carbocycles. The molecule has 1 aliphatic heterocycles. The van der Waals surface area contributed by atoms with Gasteiger partial charge in [0.2, 0.25) is 0 Å². The topological polar surface area (TPSA) is 24.3 Å². The van der Waals surface area contributed by atoms with E-state index < -0.39 is 0 Å². The molecular weight excluding hydrogens is 303 g/mol. The van der Waals surface area contributed by atoms with Crippen LogP contribution in [0.25, 0.3) is 0 Å². The number of halogens is 1.